The molecule has 0 aliphatic carbocycles. The van der Waals surface area contributed by atoms with Gasteiger partial charge in [-0.3, -0.25) is 9.59 Å². The van der Waals surface area contributed by atoms with Crippen LogP contribution < -0.4 is 20.5 Å². The van der Waals surface area contributed by atoms with Crippen LogP contribution in [0.2, 0.25) is 0 Å². The monoisotopic (exact) mass is 342 g/mol. The highest BCUT2D eigenvalue weighted by molar-refractivity contribution is 6.02. The molecule has 0 radical (unpaired) electrons. The van der Waals surface area contributed by atoms with E-state index in [0.717, 1.165) is 17.2 Å². The Kier molecular flexibility index (Phi) is 4.79. The molecule has 6 heteroatoms. The van der Waals surface area contributed by atoms with Gasteiger partial charge in [-0.1, -0.05) is 12.1 Å². The summed E-state index contributed by atoms with van der Waals surface area (Å²) in [4.78, 5) is 23.0. The van der Waals surface area contributed by atoms with E-state index in [-0.39, 0.29) is 18.1 Å². The lowest BCUT2D eigenvalue weighted by Gasteiger charge is -2.17. The zero-order valence-corrected chi connectivity index (χ0v) is 14.4. The number of carbonyl (C=O) groups is 2. The molecule has 1 aliphatic heterocycles. The van der Waals surface area contributed by atoms with Gasteiger partial charge in [0, 0.05) is 11.8 Å². The number of hydrogen-bond acceptors (Lipinski definition) is 4. The summed E-state index contributed by atoms with van der Waals surface area (Å²) in [5.41, 5.74) is 5.83. The molecule has 2 aromatic rings. The molecule has 0 saturated carbocycles. The number of hydrogen-bond donors (Lipinski definition) is 2. The second kappa shape index (κ2) is 7.01. The first kappa shape index (κ1) is 17.1. The average molecular weight is 342 g/mol. The number of primary amides is 1. The SMILES string of the molecule is CC(C)Oc1cc2c(OC[C@@H]3CCC(=O)N3)cccc2cc1C(N)=O. The van der Waals surface area contributed by atoms with Crippen LogP contribution in [-0.2, 0) is 4.79 Å². The van der Waals surface area contributed by atoms with Crippen molar-refractivity contribution in [3.63, 3.8) is 0 Å². The summed E-state index contributed by atoms with van der Waals surface area (Å²) in [7, 11) is 0. The van der Waals surface area contributed by atoms with E-state index in [1.54, 1.807) is 12.1 Å². The van der Waals surface area contributed by atoms with Crippen molar-refractivity contribution >= 4 is 22.6 Å². The fraction of sp³-hybridized carbons (Fsp3) is 0.368. The van der Waals surface area contributed by atoms with Crippen molar-refractivity contribution in [2.75, 3.05) is 6.61 Å². The average Bonchev–Trinajstić information content (AvgIpc) is 2.97. The lowest BCUT2D eigenvalue weighted by molar-refractivity contribution is -0.119. The third kappa shape index (κ3) is 3.84. The summed E-state index contributed by atoms with van der Waals surface area (Å²) < 4.78 is 11.7. The lowest BCUT2D eigenvalue weighted by atomic mass is 10.0. The predicted molar refractivity (Wildman–Crippen MR) is 94.9 cm³/mol. The zero-order valence-electron chi connectivity index (χ0n) is 14.4. The Morgan fingerprint density at radius 3 is 2.76 bits per heavy atom. The third-order valence-corrected chi connectivity index (χ3v) is 4.09. The standard InChI is InChI=1S/C19H22N2O4/c1-11(2)25-17-9-14-12(8-15(17)19(20)23)4-3-5-16(14)24-10-13-6-7-18(22)21-13/h3-5,8-9,11,13H,6-7,10H2,1-2H3,(H2,20,23)(H,21,22)/t13-/m0/s1. The van der Waals surface area contributed by atoms with Crippen LogP contribution in [0.5, 0.6) is 11.5 Å². The Hall–Kier alpha value is -2.76. The smallest absolute Gasteiger partial charge is 0.252 e. The predicted octanol–water partition coefficient (Wildman–Crippen LogP) is 2.38. The Morgan fingerprint density at radius 2 is 2.12 bits per heavy atom. The lowest BCUT2D eigenvalue weighted by Crippen LogP contribution is -2.30. The van der Waals surface area contributed by atoms with Crippen molar-refractivity contribution in [1.29, 1.82) is 0 Å². The maximum atomic E-state index is 11.7. The molecule has 1 saturated heterocycles. The first-order valence-electron chi connectivity index (χ1n) is 8.39. The number of benzene rings is 2. The molecule has 1 fully saturated rings. The van der Waals surface area contributed by atoms with Gasteiger partial charge in [-0.2, -0.15) is 0 Å². The largest absolute Gasteiger partial charge is 0.491 e. The molecule has 132 valence electrons. The van der Waals surface area contributed by atoms with E-state index in [2.05, 4.69) is 5.32 Å². The van der Waals surface area contributed by atoms with Gasteiger partial charge in [-0.25, -0.2) is 0 Å². The van der Waals surface area contributed by atoms with E-state index in [0.29, 0.717) is 30.1 Å². The van der Waals surface area contributed by atoms with Gasteiger partial charge in [0.05, 0.1) is 17.7 Å². The maximum Gasteiger partial charge on any atom is 0.252 e. The zero-order chi connectivity index (χ0) is 18.0. The fourth-order valence-electron chi connectivity index (χ4n) is 2.94. The van der Waals surface area contributed by atoms with Crippen LogP contribution in [0, 0.1) is 0 Å². The maximum absolute atomic E-state index is 11.7. The Labute approximate surface area is 146 Å². The van der Waals surface area contributed by atoms with Crippen molar-refractivity contribution in [2.24, 2.45) is 5.73 Å². The van der Waals surface area contributed by atoms with Gasteiger partial charge in [-0.15, -0.1) is 0 Å². The topological polar surface area (TPSA) is 90.7 Å². The van der Waals surface area contributed by atoms with Crippen molar-refractivity contribution in [2.45, 2.75) is 38.8 Å². The van der Waals surface area contributed by atoms with E-state index >= 15 is 0 Å². The van der Waals surface area contributed by atoms with Crippen LogP contribution in [0.1, 0.15) is 37.0 Å². The molecule has 0 bridgehead atoms. The van der Waals surface area contributed by atoms with E-state index in [1.165, 1.54) is 0 Å². The minimum Gasteiger partial charge on any atom is -0.491 e. The number of ether oxygens (including phenoxy) is 2. The van der Waals surface area contributed by atoms with Gasteiger partial charge in [0.1, 0.15) is 18.1 Å². The summed E-state index contributed by atoms with van der Waals surface area (Å²) in [5.74, 6) is 0.659. The molecule has 2 aromatic carbocycles. The number of rotatable bonds is 6. The highest BCUT2D eigenvalue weighted by atomic mass is 16.5. The second-order valence-electron chi connectivity index (χ2n) is 6.47. The Balaban J connectivity index is 1.93. The summed E-state index contributed by atoms with van der Waals surface area (Å²) >= 11 is 0. The normalized spacial score (nSPS) is 16.9. The van der Waals surface area contributed by atoms with Crippen LogP contribution in [0.15, 0.2) is 30.3 Å². The molecule has 2 amide bonds. The van der Waals surface area contributed by atoms with Crippen LogP contribution in [0.25, 0.3) is 10.8 Å². The molecule has 25 heavy (non-hydrogen) atoms. The first-order chi connectivity index (χ1) is 11.9. The number of carbonyl (C=O) groups excluding carboxylic acids is 2. The van der Waals surface area contributed by atoms with E-state index in [1.807, 2.05) is 32.0 Å². The highest BCUT2D eigenvalue weighted by Gasteiger charge is 2.21. The van der Waals surface area contributed by atoms with Crippen LogP contribution in [-0.4, -0.2) is 30.6 Å². The van der Waals surface area contributed by atoms with Gasteiger partial charge in [0.2, 0.25) is 5.91 Å². The van der Waals surface area contributed by atoms with E-state index < -0.39 is 5.91 Å². The summed E-state index contributed by atoms with van der Waals surface area (Å²) in [6.45, 7) is 4.18. The third-order valence-electron chi connectivity index (χ3n) is 4.09. The summed E-state index contributed by atoms with van der Waals surface area (Å²) in [6.07, 6.45) is 1.23. The Morgan fingerprint density at radius 1 is 1.32 bits per heavy atom. The minimum atomic E-state index is -0.530. The van der Waals surface area contributed by atoms with Crippen LogP contribution in [0.3, 0.4) is 0 Å². The molecular weight excluding hydrogens is 320 g/mol. The van der Waals surface area contributed by atoms with Crippen molar-refractivity contribution < 1.29 is 19.1 Å². The quantitative estimate of drug-likeness (QED) is 0.843. The summed E-state index contributed by atoms with van der Waals surface area (Å²) in [5, 5.41) is 4.57. The van der Waals surface area contributed by atoms with Gasteiger partial charge in [-0.05, 0) is 43.9 Å². The van der Waals surface area contributed by atoms with E-state index in [4.69, 9.17) is 15.2 Å². The van der Waals surface area contributed by atoms with Gasteiger partial charge < -0.3 is 20.5 Å². The molecule has 6 nitrogen and oxygen atoms in total. The van der Waals surface area contributed by atoms with Gasteiger partial charge >= 0.3 is 0 Å². The van der Waals surface area contributed by atoms with Gasteiger partial charge in [0.15, 0.2) is 0 Å². The number of amides is 2. The van der Waals surface area contributed by atoms with Crippen molar-refractivity contribution in [1.82, 2.24) is 5.32 Å². The highest BCUT2D eigenvalue weighted by Crippen LogP contribution is 2.33. The molecule has 1 atom stereocenters. The molecule has 3 rings (SSSR count). The molecule has 0 unspecified atom stereocenters. The summed E-state index contributed by atoms with van der Waals surface area (Å²) in [6, 6.07) is 9.16. The van der Waals surface area contributed by atoms with E-state index in [9.17, 15) is 9.59 Å². The Bertz CT molecular complexity index is 816. The molecule has 0 aromatic heterocycles. The fourth-order valence-corrected chi connectivity index (χ4v) is 2.94. The van der Waals surface area contributed by atoms with Crippen LogP contribution in [0.4, 0.5) is 0 Å². The van der Waals surface area contributed by atoms with Crippen molar-refractivity contribution in [3.05, 3.63) is 35.9 Å². The molecular formula is C19H22N2O4. The minimum absolute atomic E-state index is 0.0269. The van der Waals surface area contributed by atoms with Crippen molar-refractivity contribution in [3.8, 4) is 11.5 Å². The molecule has 1 heterocycles. The number of nitrogens with one attached hydrogen (secondary N) is 1. The number of fused-ring (bicyclic) bond motifs is 1. The second-order valence-corrected chi connectivity index (χ2v) is 6.47. The van der Waals surface area contributed by atoms with Crippen LogP contribution >= 0.6 is 0 Å². The van der Waals surface area contributed by atoms with Gasteiger partial charge in [0.25, 0.3) is 5.91 Å². The molecule has 1 aliphatic rings. The first-order valence-corrected chi connectivity index (χ1v) is 8.39. The number of nitrogens with two attached hydrogens (primary N) is 1. The molecule has 3 N–H and O–H groups in total. The molecule has 0 spiro atoms.